The standard InChI is InChI=1S/C22H26N4O2/c1-14(2)12-24-21-22-25-13-18(26(22)9-8-23-21)17-7-6-16(11-20(17)28-3)19(27)10-15-4-5-15/h6-9,11,13-15H,4-5,10,12H2,1-3H3,(H,23,24). The predicted molar refractivity (Wildman–Crippen MR) is 110 cm³/mol. The Morgan fingerprint density at radius 3 is 2.86 bits per heavy atom. The van der Waals surface area contributed by atoms with Crippen LogP contribution in [0.5, 0.6) is 5.75 Å². The molecule has 0 radical (unpaired) electrons. The minimum Gasteiger partial charge on any atom is -0.496 e. The van der Waals surface area contributed by atoms with E-state index in [4.69, 9.17) is 4.74 Å². The van der Waals surface area contributed by atoms with Crippen molar-refractivity contribution in [2.24, 2.45) is 11.8 Å². The molecule has 1 aliphatic rings. The molecule has 4 rings (SSSR count). The van der Waals surface area contributed by atoms with Gasteiger partial charge >= 0.3 is 0 Å². The molecule has 0 amide bonds. The summed E-state index contributed by atoms with van der Waals surface area (Å²) in [6.07, 6.45) is 8.45. The quantitative estimate of drug-likeness (QED) is 0.586. The van der Waals surface area contributed by atoms with Crippen LogP contribution in [0.25, 0.3) is 16.9 Å². The van der Waals surface area contributed by atoms with Gasteiger partial charge in [-0.2, -0.15) is 0 Å². The van der Waals surface area contributed by atoms with Gasteiger partial charge in [-0.1, -0.05) is 19.9 Å². The van der Waals surface area contributed by atoms with E-state index in [-0.39, 0.29) is 5.78 Å². The molecule has 0 bridgehead atoms. The molecular formula is C22H26N4O2. The van der Waals surface area contributed by atoms with Gasteiger partial charge in [0, 0.05) is 36.5 Å². The first-order chi connectivity index (χ1) is 13.6. The maximum atomic E-state index is 12.5. The summed E-state index contributed by atoms with van der Waals surface area (Å²) in [6, 6.07) is 5.68. The van der Waals surface area contributed by atoms with Crippen molar-refractivity contribution in [3.8, 4) is 17.0 Å². The van der Waals surface area contributed by atoms with Crippen molar-refractivity contribution in [3.63, 3.8) is 0 Å². The van der Waals surface area contributed by atoms with E-state index >= 15 is 0 Å². The summed E-state index contributed by atoms with van der Waals surface area (Å²) < 4.78 is 7.61. The minimum absolute atomic E-state index is 0.190. The van der Waals surface area contributed by atoms with E-state index in [0.717, 1.165) is 29.3 Å². The number of carbonyl (C=O) groups excluding carboxylic acids is 1. The number of nitrogens with zero attached hydrogens (tertiary/aromatic N) is 3. The molecule has 2 heterocycles. The summed E-state index contributed by atoms with van der Waals surface area (Å²) in [7, 11) is 1.63. The fourth-order valence-corrected chi connectivity index (χ4v) is 3.32. The highest BCUT2D eigenvalue weighted by Gasteiger charge is 2.25. The van der Waals surface area contributed by atoms with Crippen molar-refractivity contribution in [1.29, 1.82) is 0 Å². The molecule has 0 atom stereocenters. The van der Waals surface area contributed by atoms with Crippen molar-refractivity contribution in [3.05, 3.63) is 42.4 Å². The number of hydrogen-bond donors (Lipinski definition) is 1. The van der Waals surface area contributed by atoms with Gasteiger partial charge in [0.05, 0.1) is 19.0 Å². The number of ether oxygens (including phenoxy) is 1. The zero-order valence-electron chi connectivity index (χ0n) is 16.6. The van der Waals surface area contributed by atoms with Gasteiger partial charge in [-0.05, 0) is 36.8 Å². The molecule has 0 spiro atoms. The highest BCUT2D eigenvalue weighted by Crippen LogP contribution is 2.36. The molecule has 1 aromatic carbocycles. The SMILES string of the molecule is COc1cc(C(=O)CC2CC2)ccc1-c1cnc2c(NCC(C)C)nccn12. The van der Waals surface area contributed by atoms with Gasteiger partial charge in [-0.15, -0.1) is 0 Å². The fourth-order valence-electron chi connectivity index (χ4n) is 3.32. The molecule has 0 unspecified atom stereocenters. The first kappa shape index (κ1) is 18.5. The maximum absolute atomic E-state index is 12.5. The number of nitrogens with one attached hydrogen (secondary N) is 1. The number of imidazole rings is 1. The number of fused-ring (bicyclic) bond motifs is 1. The normalized spacial score (nSPS) is 13.9. The number of carbonyl (C=O) groups is 1. The summed E-state index contributed by atoms with van der Waals surface area (Å²) >= 11 is 0. The lowest BCUT2D eigenvalue weighted by atomic mass is 10.0. The molecule has 3 aromatic rings. The van der Waals surface area contributed by atoms with Crippen LogP contribution >= 0.6 is 0 Å². The smallest absolute Gasteiger partial charge is 0.180 e. The van der Waals surface area contributed by atoms with Gasteiger partial charge in [-0.25, -0.2) is 9.97 Å². The van der Waals surface area contributed by atoms with Gasteiger partial charge in [-0.3, -0.25) is 9.20 Å². The number of benzene rings is 1. The third-order valence-corrected chi connectivity index (χ3v) is 5.08. The van der Waals surface area contributed by atoms with Crippen LogP contribution in [0.3, 0.4) is 0 Å². The summed E-state index contributed by atoms with van der Waals surface area (Å²) in [5.74, 6) is 2.71. The summed E-state index contributed by atoms with van der Waals surface area (Å²) in [5.41, 5.74) is 3.29. The topological polar surface area (TPSA) is 68.5 Å². The van der Waals surface area contributed by atoms with Crippen LogP contribution in [0.1, 0.15) is 43.5 Å². The molecule has 6 nitrogen and oxygen atoms in total. The second-order valence-electron chi connectivity index (χ2n) is 7.87. The number of Topliss-reactive ketones (excluding diaryl/α,β-unsaturated/α-hetero) is 1. The molecule has 28 heavy (non-hydrogen) atoms. The first-order valence-corrected chi connectivity index (χ1v) is 9.84. The van der Waals surface area contributed by atoms with Crippen molar-refractivity contribution in [2.45, 2.75) is 33.1 Å². The Hall–Kier alpha value is -2.89. The number of rotatable bonds is 8. The van der Waals surface area contributed by atoms with Crippen molar-refractivity contribution >= 4 is 17.2 Å². The molecule has 0 aliphatic heterocycles. The summed E-state index contributed by atoms with van der Waals surface area (Å²) in [5, 5.41) is 3.36. The number of aromatic nitrogens is 3. The van der Waals surface area contributed by atoms with Gasteiger partial charge in [0.2, 0.25) is 0 Å². The van der Waals surface area contributed by atoms with Crippen LogP contribution in [-0.4, -0.2) is 33.8 Å². The number of hydrogen-bond acceptors (Lipinski definition) is 5. The highest BCUT2D eigenvalue weighted by atomic mass is 16.5. The average Bonchev–Trinajstić information content (AvgIpc) is 3.41. The molecule has 1 N–H and O–H groups in total. The molecular weight excluding hydrogens is 352 g/mol. The van der Waals surface area contributed by atoms with Crippen molar-refractivity contribution in [1.82, 2.24) is 14.4 Å². The molecule has 1 fully saturated rings. The third-order valence-electron chi connectivity index (χ3n) is 5.08. The molecule has 0 saturated heterocycles. The number of anilines is 1. The van der Waals surface area contributed by atoms with E-state index < -0.39 is 0 Å². The summed E-state index contributed by atoms with van der Waals surface area (Å²) in [4.78, 5) is 21.5. The summed E-state index contributed by atoms with van der Waals surface area (Å²) in [6.45, 7) is 5.14. The monoisotopic (exact) mass is 378 g/mol. The Kier molecular flexibility index (Phi) is 5.03. The zero-order valence-corrected chi connectivity index (χ0v) is 16.6. The van der Waals surface area contributed by atoms with Gasteiger partial charge in [0.25, 0.3) is 0 Å². The molecule has 1 saturated carbocycles. The third kappa shape index (κ3) is 3.72. The average molecular weight is 378 g/mol. The van der Waals surface area contributed by atoms with Gasteiger partial charge in [0.15, 0.2) is 17.2 Å². The Labute approximate surface area is 165 Å². The molecule has 6 heteroatoms. The minimum atomic E-state index is 0.190. The highest BCUT2D eigenvalue weighted by molar-refractivity contribution is 5.97. The van der Waals surface area contributed by atoms with E-state index in [0.29, 0.717) is 29.6 Å². The van der Waals surface area contributed by atoms with Crippen molar-refractivity contribution in [2.75, 3.05) is 19.0 Å². The number of ketones is 1. The van der Waals surface area contributed by atoms with Crippen LogP contribution in [0.15, 0.2) is 36.8 Å². The second-order valence-corrected chi connectivity index (χ2v) is 7.87. The fraction of sp³-hybridized carbons (Fsp3) is 0.409. The maximum Gasteiger partial charge on any atom is 0.180 e. The molecule has 146 valence electrons. The lowest BCUT2D eigenvalue weighted by molar-refractivity contribution is 0.0976. The van der Waals surface area contributed by atoms with Crippen molar-refractivity contribution < 1.29 is 9.53 Å². The molecule has 1 aliphatic carbocycles. The predicted octanol–water partition coefficient (Wildman–Crippen LogP) is 4.46. The van der Waals surface area contributed by atoms with Gasteiger partial charge in [0.1, 0.15) is 5.75 Å². The van der Waals surface area contributed by atoms with E-state index in [1.807, 2.05) is 35.0 Å². The Morgan fingerprint density at radius 1 is 1.32 bits per heavy atom. The van der Waals surface area contributed by atoms with E-state index in [9.17, 15) is 4.79 Å². The zero-order chi connectivity index (χ0) is 19.7. The van der Waals surface area contributed by atoms with E-state index in [2.05, 4.69) is 29.1 Å². The Morgan fingerprint density at radius 2 is 2.14 bits per heavy atom. The van der Waals surface area contributed by atoms with Crippen LogP contribution < -0.4 is 10.1 Å². The molecule has 2 aromatic heterocycles. The Balaban J connectivity index is 1.69. The lowest BCUT2D eigenvalue weighted by Crippen LogP contribution is -2.10. The van der Waals surface area contributed by atoms with Crippen LogP contribution in [-0.2, 0) is 0 Å². The van der Waals surface area contributed by atoms with E-state index in [1.165, 1.54) is 12.8 Å². The van der Waals surface area contributed by atoms with Crippen LogP contribution in [0, 0.1) is 11.8 Å². The van der Waals surface area contributed by atoms with Gasteiger partial charge < -0.3 is 10.1 Å². The first-order valence-electron chi connectivity index (χ1n) is 9.84. The number of methoxy groups -OCH3 is 1. The van der Waals surface area contributed by atoms with Crippen LogP contribution in [0.4, 0.5) is 5.82 Å². The largest absolute Gasteiger partial charge is 0.496 e. The lowest BCUT2D eigenvalue weighted by Gasteiger charge is -2.12. The Bertz CT molecular complexity index is 1000. The van der Waals surface area contributed by atoms with Crippen LogP contribution in [0.2, 0.25) is 0 Å². The van der Waals surface area contributed by atoms with E-state index in [1.54, 1.807) is 13.3 Å². The second kappa shape index (κ2) is 7.62.